The van der Waals surface area contributed by atoms with Gasteiger partial charge in [0.1, 0.15) is 5.82 Å². The third-order valence-electron chi connectivity index (χ3n) is 4.21. The fourth-order valence-electron chi connectivity index (χ4n) is 3.09. The van der Waals surface area contributed by atoms with Crippen molar-refractivity contribution in [2.45, 2.75) is 37.8 Å². The van der Waals surface area contributed by atoms with Crippen molar-refractivity contribution >= 4 is 6.09 Å². The van der Waals surface area contributed by atoms with Crippen molar-refractivity contribution in [3.8, 4) is 0 Å². The monoisotopic (exact) mass is 292 g/mol. The lowest BCUT2D eigenvalue weighted by Gasteiger charge is -2.44. The Hall–Kier alpha value is -1.88. The molecule has 1 aliphatic heterocycles. The van der Waals surface area contributed by atoms with Crippen molar-refractivity contribution in [2.24, 2.45) is 5.73 Å². The number of likely N-dealkylation sites (tertiary alicyclic amines) is 1. The number of rotatable bonds is 3. The van der Waals surface area contributed by atoms with Crippen LogP contribution in [-0.2, 0) is 0 Å². The van der Waals surface area contributed by atoms with Gasteiger partial charge in [0.25, 0.3) is 0 Å². The van der Waals surface area contributed by atoms with Gasteiger partial charge in [-0.25, -0.2) is 9.18 Å². The molecule has 1 fully saturated rings. The molecule has 0 radical (unpaired) electrons. The summed E-state index contributed by atoms with van der Waals surface area (Å²) >= 11 is 0. The summed E-state index contributed by atoms with van der Waals surface area (Å²) < 4.78 is 13.3. The molecule has 0 bridgehead atoms. The molecule has 1 saturated heterocycles. The van der Waals surface area contributed by atoms with Gasteiger partial charge in [-0.15, -0.1) is 6.58 Å². The first-order valence-electron chi connectivity index (χ1n) is 7.02. The fraction of sp³-hybridized carbons (Fsp3) is 0.438. The average Bonchev–Trinajstić information content (AvgIpc) is 2.38. The van der Waals surface area contributed by atoms with E-state index >= 15 is 0 Å². The van der Waals surface area contributed by atoms with Gasteiger partial charge in [-0.1, -0.05) is 12.1 Å². The Morgan fingerprint density at radius 2 is 2.38 bits per heavy atom. The molecule has 4 nitrogen and oxygen atoms in total. The molecule has 1 heterocycles. The van der Waals surface area contributed by atoms with Crippen LogP contribution in [0.15, 0.2) is 30.9 Å². The first-order chi connectivity index (χ1) is 9.86. The number of hydrogen-bond donors (Lipinski definition) is 2. The molecular weight excluding hydrogens is 271 g/mol. The summed E-state index contributed by atoms with van der Waals surface area (Å²) in [5.41, 5.74) is 7.48. The van der Waals surface area contributed by atoms with E-state index in [2.05, 4.69) is 6.58 Å². The van der Waals surface area contributed by atoms with E-state index in [1.54, 1.807) is 19.1 Å². The van der Waals surface area contributed by atoms with E-state index < -0.39 is 11.6 Å². The van der Waals surface area contributed by atoms with Crippen molar-refractivity contribution in [1.29, 1.82) is 0 Å². The Morgan fingerprint density at radius 3 is 2.95 bits per heavy atom. The van der Waals surface area contributed by atoms with Crippen LogP contribution in [0.3, 0.4) is 0 Å². The van der Waals surface area contributed by atoms with Gasteiger partial charge in [0, 0.05) is 12.1 Å². The molecule has 21 heavy (non-hydrogen) atoms. The van der Waals surface area contributed by atoms with E-state index in [1.807, 2.05) is 0 Å². The first-order valence-corrected chi connectivity index (χ1v) is 7.02. The van der Waals surface area contributed by atoms with Gasteiger partial charge in [0.15, 0.2) is 0 Å². The zero-order valence-corrected chi connectivity index (χ0v) is 12.2. The van der Waals surface area contributed by atoms with Crippen LogP contribution in [0.5, 0.6) is 0 Å². The van der Waals surface area contributed by atoms with Crippen molar-refractivity contribution in [3.63, 3.8) is 0 Å². The van der Waals surface area contributed by atoms with Crippen LogP contribution in [0.2, 0.25) is 0 Å². The van der Waals surface area contributed by atoms with E-state index in [0.717, 1.165) is 11.1 Å². The molecule has 1 aromatic rings. The van der Waals surface area contributed by atoms with Crippen molar-refractivity contribution in [3.05, 3.63) is 47.8 Å². The Morgan fingerprint density at radius 1 is 1.67 bits per heavy atom. The van der Waals surface area contributed by atoms with Crippen LogP contribution in [0, 0.1) is 12.7 Å². The number of aryl methyl sites for hydroxylation is 1. The van der Waals surface area contributed by atoms with Gasteiger partial charge in [-0.2, -0.15) is 0 Å². The highest BCUT2D eigenvalue weighted by Gasteiger charge is 2.39. The molecule has 0 unspecified atom stereocenters. The third kappa shape index (κ3) is 3.24. The number of piperidine rings is 1. The number of nitrogens with zero attached hydrogens (tertiary/aromatic N) is 1. The van der Waals surface area contributed by atoms with Crippen LogP contribution in [-0.4, -0.2) is 28.2 Å². The van der Waals surface area contributed by atoms with E-state index in [9.17, 15) is 14.3 Å². The smallest absolute Gasteiger partial charge is 0.407 e. The molecule has 5 heteroatoms. The molecular formula is C16H21FN2O2. The van der Waals surface area contributed by atoms with Crippen molar-refractivity contribution in [1.82, 2.24) is 4.90 Å². The molecule has 1 aromatic carbocycles. The normalized spacial score (nSPS) is 25.7. The highest BCUT2D eigenvalue weighted by atomic mass is 19.1. The molecule has 0 aliphatic carbocycles. The number of carboxylic acid groups (broad SMARTS) is 1. The molecule has 0 spiro atoms. The molecule has 2 atom stereocenters. The number of amides is 1. The van der Waals surface area contributed by atoms with Crippen molar-refractivity contribution in [2.75, 3.05) is 6.54 Å². The van der Waals surface area contributed by atoms with E-state index in [4.69, 9.17) is 5.73 Å². The number of benzene rings is 1. The minimum absolute atomic E-state index is 0.320. The maximum atomic E-state index is 13.3. The maximum absolute atomic E-state index is 13.3. The van der Waals surface area contributed by atoms with E-state index in [1.165, 1.54) is 17.0 Å². The summed E-state index contributed by atoms with van der Waals surface area (Å²) in [6.45, 7) is 5.89. The zero-order valence-electron chi connectivity index (χ0n) is 12.2. The van der Waals surface area contributed by atoms with Gasteiger partial charge in [0.05, 0.1) is 6.04 Å². The lowest BCUT2D eigenvalue weighted by atomic mass is 9.78. The minimum Gasteiger partial charge on any atom is -0.465 e. The first kappa shape index (κ1) is 15.5. The third-order valence-corrected chi connectivity index (χ3v) is 4.21. The Bertz CT molecular complexity index is 561. The minimum atomic E-state index is -0.968. The van der Waals surface area contributed by atoms with E-state index in [0.29, 0.717) is 25.8 Å². The predicted molar refractivity (Wildman–Crippen MR) is 79.6 cm³/mol. The Labute approximate surface area is 124 Å². The molecule has 3 N–H and O–H groups in total. The summed E-state index contributed by atoms with van der Waals surface area (Å²) in [7, 11) is 0. The molecule has 0 aromatic heterocycles. The van der Waals surface area contributed by atoms with Crippen LogP contribution in [0.25, 0.3) is 0 Å². The molecule has 1 aliphatic rings. The second-order valence-electron chi connectivity index (χ2n) is 5.80. The van der Waals surface area contributed by atoms with Gasteiger partial charge in [-0.05, 0) is 49.4 Å². The number of carbonyl (C=O) groups is 1. The Kier molecular flexibility index (Phi) is 4.32. The number of nitrogens with two attached hydrogens (primary N) is 1. The quantitative estimate of drug-likeness (QED) is 0.841. The standard InChI is InChI=1S/C16H21FN2O2/c1-3-6-16(18)7-8-19(15(20)21)14(10-16)13-5-4-12(17)9-11(13)2/h3-5,9,14H,1,6-8,10,18H2,2H3,(H,20,21)/t14-,16-/m1/s1. The average molecular weight is 292 g/mol. The second kappa shape index (κ2) is 5.85. The summed E-state index contributed by atoms with van der Waals surface area (Å²) in [6.07, 6.45) is 2.55. The summed E-state index contributed by atoms with van der Waals surface area (Å²) in [5, 5.41) is 9.41. The topological polar surface area (TPSA) is 66.6 Å². The van der Waals surface area contributed by atoms with Crippen LogP contribution < -0.4 is 5.73 Å². The molecule has 0 saturated carbocycles. The second-order valence-corrected chi connectivity index (χ2v) is 5.80. The summed E-state index contributed by atoms with van der Waals surface area (Å²) in [6, 6.07) is 4.10. The maximum Gasteiger partial charge on any atom is 0.407 e. The van der Waals surface area contributed by atoms with Crippen LogP contribution >= 0.6 is 0 Å². The highest BCUT2D eigenvalue weighted by Crippen LogP contribution is 2.38. The molecule has 114 valence electrons. The number of halogens is 1. The van der Waals surface area contributed by atoms with Crippen LogP contribution in [0.4, 0.5) is 9.18 Å². The van der Waals surface area contributed by atoms with Crippen LogP contribution in [0.1, 0.15) is 36.4 Å². The van der Waals surface area contributed by atoms with Gasteiger partial charge in [0.2, 0.25) is 0 Å². The lowest BCUT2D eigenvalue weighted by molar-refractivity contribution is 0.0807. The number of hydrogen-bond acceptors (Lipinski definition) is 2. The SMILES string of the molecule is C=CC[C@@]1(N)CCN(C(=O)O)[C@@H](c2ccc(F)cc2C)C1. The highest BCUT2D eigenvalue weighted by molar-refractivity contribution is 5.66. The van der Waals surface area contributed by atoms with Gasteiger partial charge >= 0.3 is 6.09 Å². The molecule has 1 amide bonds. The largest absolute Gasteiger partial charge is 0.465 e. The van der Waals surface area contributed by atoms with Gasteiger partial charge in [-0.3, -0.25) is 0 Å². The fourth-order valence-corrected chi connectivity index (χ4v) is 3.09. The lowest BCUT2D eigenvalue weighted by Crippen LogP contribution is -2.52. The van der Waals surface area contributed by atoms with E-state index in [-0.39, 0.29) is 11.9 Å². The van der Waals surface area contributed by atoms with Gasteiger partial charge < -0.3 is 15.7 Å². The summed E-state index contributed by atoms with van der Waals surface area (Å²) in [4.78, 5) is 12.9. The van der Waals surface area contributed by atoms with Crippen molar-refractivity contribution < 1.29 is 14.3 Å². The zero-order chi connectivity index (χ0) is 15.6. The Balaban J connectivity index is 2.38. The molecule has 2 rings (SSSR count). The summed E-state index contributed by atoms with van der Waals surface area (Å²) in [5.74, 6) is -0.320. The predicted octanol–water partition coefficient (Wildman–Crippen LogP) is 3.22.